The summed E-state index contributed by atoms with van der Waals surface area (Å²) in [6, 6.07) is 7.86. The molecule has 0 aliphatic heterocycles. The Kier molecular flexibility index (Phi) is 4.32. The second-order valence-electron chi connectivity index (χ2n) is 3.54. The molecule has 0 spiro atoms. The summed E-state index contributed by atoms with van der Waals surface area (Å²) in [5.74, 6) is 0.0957. The minimum Gasteiger partial charge on any atom is -0.399 e. The molecule has 2 N–H and O–H groups in total. The fourth-order valence-electron chi connectivity index (χ4n) is 1.34. The molecule has 18 heavy (non-hydrogen) atoms. The van der Waals surface area contributed by atoms with Crippen LogP contribution >= 0.6 is 35.0 Å². The first-order chi connectivity index (χ1) is 8.56. The number of anilines is 1. The SMILES string of the molecule is Nc1ccc(SCc2nc(Cl)ccc2Cl)c(F)c1. The van der Waals surface area contributed by atoms with E-state index in [0.717, 1.165) is 0 Å². The first-order valence-corrected chi connectivity index (χ1v) is 6.79. The van der Waals surface area contributed by atoms with Gasteiger partial charge in [0, 0.05) is 16.3 Å². The van der Waals surface area contributed by atoms with Gasteiger partial charge in [-0.3, -0.25) is 0 Å². The van der Waals surface area contributed by atoms with Crippen LogP contribution in [0, 0.1) is 5.82 Å². The highest BCUT2D eigenvalue weighted by Gasteiger charge is 2.07. The van der Waals surface area contributed by atoms with Crippen LogP contribution in [0.25, 0.3) is 0 Å². The third-order valence-electron chi connectivity index (χ3n) is 2.20. The molecule has 0 unspecified atom stereocenters. The number of nitrogens with zero attached hydrogens (tertiary/aromatic N) is 1. The van der Waals surface area contributed by atoms with Gasteiger partial charge in [0.15, 0.2) is 0 Å². The Labute approximate surface area is 118 Å². The molecular formula is C12H9Cl2FN2S. The molecule has 0 amide bonds. The van der Waals surface area contributed by atoms with Crippen molar-refractivity contribution in [2.24, 2.45) is 0 Å². The summed E-state index contributed by atoms with van der Waals surface area (Å²) < 4.78 is 13.6. The number of halogens is 3. The average Bonchev–Trinajstić information content (AvgIpc) is 2.32. The molecule has 94 valence electrons. The number of nitrogen functional groups attached to an aromatic ring is 1. The van der Waals surface area contributed by atoms with Crippen LogP contribution in [0.5, 0.6) is 0 Å². The van der Waals surface area contributed by atoms with Crippen molar-refractivity contribution in [3.63, 3.8) is 0 Å². The van der Waals surface area contributed by atoms with Crippen molar-refractivity contribution in [1.29, 1.82) is 0 Å². The fraction of sp³-hybridized carbons (Fsp3) is 0.0833. The zero-order valence-corrected chi connectivity index (χ0v) is 11.5. The lowest BCUT2D eigenvalue weighted by atomic mass is 10.3. The highest BCUT2D eigenvalue weighted by atomic mass is 35.5. The van der Waals surface area contributed by atoms with Crippen LogP contribution in [0.3, 0.4) is 0 Å². The molecule has 0 atom stereocenters. The monoisotopic (exact) mass is 302 g/mol. The summed E-state index contributed by atoms with van der Waals surface area (Å²) in [7, 11) is 0. The molecule has 0 fully saturated rings. The minimum absolute atomic E-state index is 0.349. The van der Waals surface area contributed by atoms with E-state index in [-0.39, 0.29) is 5.82 Å². The first kappa shape index (κ1) is 13.5. The van der Waals surface area contributed by atoms with Crippen LogP contribution in [0.15, 0.2) is 35.2 Å². The van der Waals surface area contributed by atoms with Crippen LogP contribution in [0.4, 0.5) is 10.1 Å². The van der Waals surface area contributed by atoms with Crippen LogP contribution in [0.2, 0.25) is 10.2 Å². The molecule has 0 saturated carbocycles. The summed E-state index contributed by atoms with van der Waals surface area (Å²) in [5, 5.41) is 0.885. The van der Waals surface area contributed by atoms with Crippen molar-refractivity contribution in [3.8, 4) is 0 Å². The largest absolute Gasteiger partial charge is 0.399 e. The Morgan fingerprint density at radius 1 is 1.22 bits per heavy atom. The highest BCUT2D eigenvalue weighted by Crippen LogP contribution is 2.29. The Hall–Kier alpha value is -0.970. The zero-order chi connectivity index (χ0) is 13.1. The number of pyridine rings is 1. The van der Waals surface area contributed by atoms with Crippen LogP contribution in [-0.2, 0) is 5.75 Å². The minimum atomic E-state index is -0.349. The van der Waals surface area contributed by atoms with Crippen molar-refractivity contribution in [3.05, 3.63) is 52.0 Å². The second kappa shape index (κ2) is 5.78. The lowest BCUT2D eigenvalue weighted by Crippen LogP contribution is -1.91. The van der Waals surface area contributed by atoms with Gasteiger partial charge < -0.3 is 5.73 Å². The van der Waals surface area contributed by atoms with Gasteiger partial charge >= 0.3 is 0 Å². The van der Waals surface area contributed by atoms with E-state index >= 15 is 0 Å². The lowest BCUT2D eigenvalue weighted by molar-refractivity contribution is 0.602. The van der Waals surface area contributed by atoms with Crippen molar-refractivity contribution in [2.45, 2.75) is 10.6 Å². The molecule has 2 nitrogen and oxygen atoms in total. The van der Waals surface area contributed by atoms with E-state index in [9.17, 15) is 4.39 Å². The van der Waals surface area contributed by atoms with Gasteiger partial charge in [0.05, 0.1) is 10.7 Å². The van der Waals surface area contributed by atoms with Crippen LogP contribution in [-0.4, -0.2) is 4.98 Å². The van der Waals surface area contributed by atoms with E-state index < -0.39 is 0 Å². The maximum Gasteiger partial charge on any atom is 0.138 e. The molecule has 1 aromatic carbocycles. The maximum atomic E-state index is 13.6. The highest BCUT2D eigenvalue weighted by molar-refractivity contribution is 7.98. The number of hydrogen-bond donors (Lipinski definition) is 1. The van der Waals surface area contributed by atoms with Gasteiger partial charge in [-0.1, -0.05) is 23.2 Å². The zero-order valence-electron chi connectivity index (χ0n) is 9.16. The van der Waals surface area contributed by atoms with E-state index in [4.69, 9.17) is 28.9 Å². The van der Waals surface area contributed by atoms with Gasteiger partial charge in [-0.2, -0.15) is 0 Å². The van der Waals surface area contributed by atoms with Gasteiger partial charge in [-0.25, -0.2) is 9.37 Å². The smallest absolute Gasteiger partial charge is 0.138 e. The van der Waals surface area contributed by atoms with E-state index in [1.807, 2.05) is 0 Å². The van der Waals surface area contributed by atoms with E-state index in [0.29, 0.717) is 32.2 Å². The van der Waals surface area contributed by atoms with Crippen LogP contribution < -0.4 is 5.73 Å². The molecule has 2 rings (SSSR count). The fourth-order valence-corrected chi connectivity index (χ4v) is 2.63. The number of rotatable bonds is 3. The van der Waals surface area contributed by atoms with Crippen molar-refractivity contribution >= 4 is 40.7 Å². The number of aromatic nitrogens is 1. The van der Waals surface area contributed by atoms with E-state index in [1.54, 1.807) is 24.3 Å². The predicted molar refractivity (Wildman–Crippen MR) is 74.6 cm³/mol. The molecule has 0 bridgehead atoms. The summed E-state index contributed by atoms with van der Waals surface area (Å²) in [5.41, 5.74) is 6.51. The van der Waals surface area contributed by atoms with Gasteiger partial charge in [0.1, 0.15) is 11.0 Å². The Balaban J connectivity index is 2.13. The molecular weight excluding hydrogens is 294 g/mol. The Morgan fingerprint density at radius 2 is 2.00 bits per heavy atom. The molecule has 6 heteroatoms. The third-order valence-corrected chi connectivity index (χ3v) is 3.82. The summed E-state index contributed by atoms with van der Waals surface area (Å²) >= 11 is 13.1. The average molecular weight is 303 g/mol. The molecule has 0 aliphatic carbocycles. The number of hydrogen-bond acceptors (Lipinski definition) is 3. The molecule has 1 aromatic heterocycles. The third kappa shape index (κ3) is 3.28. The predicted octanol–water partition coefficient (Wildman–Crippen LogP) is 4.40. The molecule has 1 heterocycles. The van der Waals surface area contributed by atoms with Gasteiger partial charge in [0.25, 0.3) is 0 Å². The second-order valence-corrected chi connectivity index (χ2v) is 5.35. The summed E-state index contributed by atoms with van der Waals surface area (Å²) in [4.78, 5) is 4.60. The quantitative estimate of drug-likeness (QED) is 0.519. The van der Waals surface area contributed by atoms with Crippen molar-refractivity contribution in [1.82, 2.24) is 4.98 Å². The van der Waals surface area contributed by atoms with Crippen molar-refractivity contribution in [2.75, 3.05) is 5.73 Å². The molecule has 0 radical (unpaired) electrons. The summed E-state index contributed by atoms with van der Waals surface area (Å²) in [6.45, 7) is 0. The maximum absolute atomic E-state index is 13.6. The number of thioether (sulfide) groups is 1. The van der Waals surface area contributed by atoms with Gasteiger partial charge in [-0.15, -0.1) is 11.8 Å². The number of nitrogens with two attached hydrogens (primary N) is 1. The molecule has 2 aromatic rings. The lowest BCUT2D eigenvalue weighted by Gasteiger charge is -2.05. The normalized spacial score (nSPS) is 10.6. The standard InChI is InChI=1S/C12H9Cl2FN2S/c13-8-2-4-12(14)17-10(8)6-18-11-3-1-7(16)5-9(11)15/h1-5H,6,16H2. The van der Waals surface area contributed by atoms with Gasteiger partial charge in [-0.05, 0) is 30.3 Å². The molecule has 0 aliphatic rings. The van der Waals surface area contributed by atoms with Crippen molar-refractivity contribution < 1.29 is 4.39 Å². The number of benzene rings is 1. The van der Waals surface area contributed by atoms with Gasteiger partial charge in [0.2, 0.25) is 0 Å². The van der Waals surface area contributed by atoms with Crippen LogP contribution in [0.1, 0.15) is 5.69 Å². The topological polar surface area (TPSA) is 38.9 Å². The summed E-state index contributed by atoms with van der Waals surface area (Å²) in [6.07, 6.45) is 0. The molecule has 0 saturated heterocycles. The van der Waals surface area contributed by atoms with E-state index in [2.05, 4.69) is 4.98 Å². The first-order valence-electron chi connectivity index (χ1n) is 5.05. The van der Waals surface area contributed by atoms with E-state index in [1.165, 1.54) is 17.8 Å². The Morgan fingerprint density at radius 3 is 2.72 bits per heavy atom. The Bertz CT molecular complexity index is 578.